The molecule has 0 spiro atoms. The van der Waals surface area contributed by atoms with E-state index < -0.39 is 0 Å². The van der Waals surface area contributed by atoms with Crippen molar-refractivity contribution in [3.63, 3.8) is 0 Å². The molecule has 0 aliphatic carbocycles. The molecule has 4 nitrogen and oxygen atoms in total. The number of hydrogen-bond acceptors (Lipinski definition) is 3. The average molecular weight is 306 g/mol. The van der Waals surface area contributed by atoms with Crippen molar-refractivity contribution in [2.45, 2.75) is 39.5 Å². The third-order valence-electron chi connectivity index (χ3n) is 4.04. The van der Waals surface area contributed by atoms with Crippen molar-refractivity contribution in [1.82, 2.24) is 19.5 Å². The van der Waals surface area contributed by atoms with Gasteiger partial charge in [0.1, 0.15) is 12.2 Å². The first-order valence-electron chi connectivity index (χ1n) is 8.01. The van der Waals surface area contributed by atoms with Gasteiger partial charge in [-0.15, -0.1) is 0 Å². The third kappa shape index (κ3) is 2.89. The molecule has 0 atom stereocenters. The Labute approximate surface area is 137 Å². The maximum absolute atomic E-state index is 4.55. The summed E-state index contributed by atoms with van der Waals surface area (Å²) in [6, 6.07) is 6.56. The van der Waals surface area contributed by atoms with E-state index in [1.165, 1.54) is 16.8 Å². The monoisotopic (exact) mass is 306 g/mol. The van der Waals surface area contributed by atoms with Gasteiger partial charge >= 0.3 is 0 Å². The molecule has 23 heavy (non-hydrogen) atoms. The summed E-state index contributed by atoms with van der Waals surface area (Å²) in [5.74, 6) is 1.75. The van der Waals surface area contributed by atoms with Gasteiger partial charge in [0.25, 0.3) is 0 Å². The van der Waals surface area contributed by atoms with Crippen LogP contribution in [0.4, 0.5) is 0 Å². The van der Waals surface area contributed by atoms with Crippen molar-refractivity contribution in [3.8, 4) is 17.1 Å². The molecule has 1 aromatic carbocycles. The first kappa shape index (κ1) is 15.4. The van der Waals surface area contributed by atoms with E-state index in [9.17, 15) is 0 Å². The van der Waals surface area contributed by atoms with E-state index in [1.807, 2.05) is 12.4 Å². The number of nitrogens with zero attached hydrogens (tertiary/aromatic N) is 4. The molecule has 0 unspecified atom stereocenters. The average Bonchev–Trinajstić information content (AvgIpc) is 3.04. The largest absolute Gasteiger partial charge is 0.299 e. The van der Waals surface area contributed by atoms with Crippen LogP contribution < -0.4 is 0 Å². The second-order valence-corrected chi connectivity index (χ2v) is 6.34. The van der Waals surface area contributed by atoms with Crippen molar-refractivity contribution >= 4 is 0 Å². The Morgan fingerprint density at radius 3 is 2.09 bits per heavy atom. The van der Waals surface area contributed by atoms with Gasteiger partial charge in [0.2, 0.25) is 0 Å². The van der Waals surface area contributed by atoms with Crippen molar-refractivity contribution in [2.24, 2.45) is 0 Å². The first-order chi connectivity index (χ1) is 11.1. The molecule has 118 valence electrons. The van der Waals surface area contributed by atoms with Crippen molar-refractivity contribution in [2.75, 3.05) is 0 Å². The van der Waals surface area contributed by atoms with Crippen LogP contribution in [0, 0.1) is 0 Å². The molecule has 3 aromatic rings. The second-order valence-electron chi connectivity index (χ2n) is 6.34. The van der Waals surface area contributed by atoms with Gasteiger partial charge < -0.3 is 0 Å². The molecule has 4 heteroatoms. The highest BCUT2D eigenvalue weighted by Crippen LogP contribution is 2.33. The van der Waals surface area contributed by atoms with Crippen molar-refractivity contribution in [3.05, 3.63) is 60.4 Å². The predicted molar refractivity (Wildman–Crippen MR) is 92.8 cm³/mol. The lowest BCUT2D eigenvalue weighted by Crippen LogP contribution is -2.07. The predicted octanol–water partition coefficient (Wildman–Crippen LogP) is 4.58. The molecular formula is C19H22N4. The Kier molecular flexibility index (Phi) is 4.24. The summed E-state index contributed by atoms with van der Waals surface area (Å²) >= 11 is 0. The number of para-hydroxylation sites is 1. The molecule has 0 fully saturated rings. The Bertz CT molecular complexity index is 762. The molecule has 0 radical (unpaired) electrons. The van der Waals surface area contributed by atoms with E-state index in [1.54, 1.807) is 18.7 Å². The summed E-state index contributed by atoms with van der Waals surface area (Å²) in [5.41, 5.74) is 4.80. The minimum absolute atomic E-state index is 0.436. The normalized spacial score (nSPS) is 11.4. The van der Waals surface area contributed by atoms with E-state index in [2.05, 4.69) is 65.4 Å². The number of aromatic nitrogens is 4. The molecule has 0 bridgehead atoms. The molecule has 0 saturated heterocycles. The quantitative estimate of drug-likeness (QED) is 0.709. The number of benzene rings is 1. The zero-order chi connectivity index (χ0) is 16.4. The van der Waals surface area contributed by atoms with Crippen LogP contribution in [-0.2, 0) is 0 Å². The van der Waals surface area contributed by atoms with Gasteiger partial charge in [-0.3, -0.25) is 4.57 Å². The Hall–Kier alpha value is -2.49. The van der Waals surface area contributed by atoms with Gasteiger partial charge in [-0.05, 0) is 23.0 Å². The van der Waals surface area contributed by atoms with Crippen LogP contribution in [0.1, 0.15) is 50.7 Å². The summed E-state index contributed by atoms with van der Waals surface area (Å²) in [5, 5.41) is 0. The van der Waals surface area contributed by atoms with E-state index in [-0.39, 0.29) is 0 Å². The lowest BCUT2D eigenvalue weighted by atomic mass is 9.92. The van der Waals surface area contributed by atoms with Gasteiger partial charge in [-0.2, -0.15) is 0 Å². The SMILES string of the molecule is CC(C)c1cccc(C(C)C)c1-n1ccnc1-c1cncnc1. The fraction of sp³-hybridized carbons (Fsp3) is 0.316. The summed E-state index contributed by atoms with van der Waals surface area (Å²) in [6.07, 6.45) is 9.01. The molecule has 2 heterocycles. The van der Waals surface area contributed by atoms with Gasteiger partial charge in [0.15, 0.2) is 0 Å². The molecule has 0 N–H and O–H groups in total. The van der Waals surface area contributed by atoms with Crippen molar-refractivity contribution in [1.29, 1.82) is 0 Å². The van der Waals surface area contributed by atoms with Crippen molar-refractivity contribution < 1.29 is 0 Å². The smallest absolute Gasteiger partial charge is 0.147 e. The summed E-state index contributed by atoms with van der Waals surface area (Å²) in [7, 11) is 0. The van der Waals surface area contributed by atoms with Gasteiger partial charge in [-0.1, -0.05) is 45.9 Å². The highest BCUT2D eigenvalue weighted by molar-refractivity contribution is 5.60. The summed E-state index contributed by atoms with van der Waals surface area (Å²) in [4.78, 5) is 12.8. The van der Waals surface area contributed by atoms with E-state index in [0.717, 1.165) is 11.4 Å². The summed E-state index contributed by atoms with van der Waals surface area (Å²) in [6.45, 7) is 8.91. The van der Waals surface area contributed by atoms with Gasteiger partial charge in [-0.25, -0.2) is 15.0 Å². The minimum Gasteiger partial charge on any atom is -0.299 e. The maximum Gasteiger partial charge on any atom is 0.147 e. The molecule has 2 aromatic heterocycles. The molecule has 0 saturated carbocycles. The fourth-order valence-corrected chi connectivity index (χ4v) is 2.90. The standard InChI is InChI=1S/C19H22N4/c1-13(2)16-6-5-7-17(14(3)4)18(16)23-9-8-22-19(23)15-10-20-12-21-11-15/h5-14H,1-4H3. The van der Waals surface area contributed by atoms with Crippen LogP contribution >= 0.6 is 0 Å². The van der Waals surface area contributed by atoms with E-state index in [0.29, 0.717) is 11.8 Å². The van der Waals surface area contributed by atoms with Crippen LogP contribution in [0.5, 0.6) is 0 Å². The Balaban J connectivity index is 2.26. The van der Waals surface area contributed by atoms with Crippen LogP contribution in [0.2, 0.25) is 0 Å². The molecule has 0 aliphatic rings. The lowest BCUT2D eigenvalue weighted by molar-refractivity contribution is 0.806. The summed E-state index contributed by atoms with van der Waals surface area (Å²) < 4.78 is 2.17. The Morgan fingerprint density at radius 2 is 1.52 bits per heavy atom. The molecular weight excluding hydrogens is 284 g/mol. The van der Waals surface area contributed by atoms with Crippen LogP contribution in [0.25, 0.3) is 17.1 Å². The fourth-order valence-electron chi connectivity index (χ4n) is 2.90. The van der Waals surface area contributed by atoms with Crippen LogP contribution in [-0.4, -0.2) is 19.5 Å². The first-order valence-corrected chi connectivity index (χ1v) is 8.01. The highest BCUT2D eigenvalue weighted by Gasteiger charge is 2.18. The maximum atomic E-state index is 4.55. The second kappa shape index (κ2) is 6.32. The van der Waals surface area contributed by atoms with E-state index >= 15 is 0 Å². The molecule has 0 aliphatic heterocycles. The molecule has 0 amide bonds. The topological polar surface area (TPSA) is 43.6 Å². The van der Waals surface area contributed by atoms with E-state index in [4.69, 9.17) is 0 Å². The molecule has 3 rings (SSSR count). The van der Waals surface area contributed by atoms with Gasteiger partial charge in [0, 0.05) is 24.8 Å². The minimum atomic E-state index is 0.436. The number of imidazole rings is 1. The zero-order valence-corrected chi connectivity index (χ0v) is 14.1. The number of hydrogen-bond donors (Lipinski definition) is 0. The lowest BCUT2D eigenvalue weighted by Gasteiger charge is -2.21. The third-order valence-corrected chi connectivity index (χ3v) is 4.04. The van der Waals surface area contributed by atoms with Gasteiger partial charge in [0.05, 0.1) is 11.3 Å². The Morgan fingerprint density at radius 1 is 0.913 bits per heavy atom. The van der Waals surface area contributed by atoms with Crippen LogP contribution in [0.15, 0.2) is 49.3 Å². The van der Waals surface area contributed by atoms with Crippen LogP contribution in [0.3, 0.4) is 0 Å². The number of rotatable bonds is 4. The zero-order valence-electron chi connectivity index (χ0n) is 14.1. The highest BCUT2D eigenvalue weighted by atomic mass is 15.1.